The van der Waals surface area contributed by atoms with Crippen molar-refractivity contribution < 1.29 is 24.1 Å². The molecule has 178 valence electrons. The number of carbonyl (C=O) groups excluding carboxylic acids is 1. The third-order valence-electron chi connectivity index (χ3n) is 4.75. The van der Waals surface area contributed by atoms with Gasteiger partial charge in [-0.2, -0.15) is 0 Å². The Morgan fingerprint density at radius 2 is 1.74 bits per heavy atom. The average molecular weight is 457 g/mol. The molecule has 8 heteroatoms. The van der Waals surface area contributed by atoms with Crippen LogP contribution in [-0.4, -0.2) is 56.7 Å². The first-order chi connectivity index (χ1) is 15.0. The summed E-state index contributed by atoms with van der Waals surface area (Å²) in [5, 5.41) is 18.2. The molecule has 1 rings (SSSR count). The first-order valence-electron chi connectivity index (χ1n) is 11.2. The molecule has 0 spiro atoms. The summed E-state index contributed by atoms with van der Waals surface area (Å²) in [5.74, 6) is 0.839. The molecule has 7 nitrogen and oxygen atoms in total. The van der Waals surface area contributed by atoms with Gasteiger partial charge in [0.2, 0.25) is 5.91 Å². The van der Waals surface area contributed by atoms with Crippen molar-refractivity contribution in [1.29, 1.82) is 0 Å². The predicted octanol–water partition coefficient (Wildman–Crippen LogP) is 3.52. The van der Waals surface area contributed by atoms with Crippen molar-refractivity contribution >= 4 is 17.9 Å². The molecule has 0 radical (unpaired) electrons. The average Bonchev–Trinajstić information content (AvgIpc) is 2.72. The van der Waals surface area contributed by atoms with E-state index in [2.05, 4.69) is 12.2 Å². The minimum Gasteiger partial charge on any atom is -0.494 e. The van der Waals surface area contributed by atoms with E-state index in [4.69, 9.17) is 19.3 Å². The number of ether oxygens (including phenoxy) is 3. The fourth-order valence-electron chi connectivity index (χ4n) is 3.11. The van der Waals surface area contributed by atoms with Gasteiger partial charge in [0.1, 0.15) is 5.75 Å². The van der Waals surface area contributed by atoms with E-state index in [1.54, 1.807) is 0 Å². The lowest BCUT2D eigenvalue weighted by molar-refractivity contribution is -0.121. The number of aryl methyl sites for hydroxylation is 2. The van der Waals surface area contributed by atoms with Crippen LogP contribution in [-0.2, 0) is 14.3 Å². The quantitative estimate of drug-likeness (QED) is 0.229. The van der Waals surface area contributed by atoms with Gasteiger partial charge in [0, 0.05) is 31.1 Å². The molecule has 1 atom stereocenters. The molecule has 0 saturated carbocycles. The molecule has 1 unspecified atom stereocenters. The number of aliphatic hydroxyl groups is 1. The topological polar surface area (TPSA) is 103 Å². The van der Waals surface area contributed by atoms with Crippen molar-refractivity contribution in [2.45, 2.75) is 70.3 Å². The smallest absolute Gasteiger partial charge is 0.220 e. The first kappa shape index (κ1) is 27.7. The van der Waals surface area contributed by atoms with Crippen molar-refractivity contribution in [3.8, 4) is 5.75 Å². The Morgan fingerprint density at radius 3 is 2.39 bits per heavy atom. The van der Waals surface area contributed by atoms with Gasteiger partial charge in [-0.15, -0.1) is 0 Å². The fourth-order valence-corrected chi connectivity index (χ4v) is 3.60. The second-order valence-electron chi connectivity index (χ2n) is 7.62. The van der Waals surface area contributed by atoms with E-state index in [-0.39, 0.29) is 12.0 Å². The molecule has 1 amide bonds. The summed E-state index contributed by atoms with van der Waals surface area (Å²) in [7, 11) is 0. The van der Waals surface area contributed by atoms with Crippen LogP contribution < -0.4 is 15.2 Å². The normalized spacial score (nSPS) is 12.0. The van der Waals surface area contributed by atoms with E-state index in [9.17, 15) is 9.90 Å². The van der Waals surface area contributed by atoms with E-state index in [0.29, 0.717) is 58.8 Å². The summed E-state index contributed by atoms with van der Waals surface area (Å²) in [5.41, 5.74) is 2.19. The number of carbonyl (C=O) groups is 1. The Bertz CT molecular complexity index is 607. The van der Waals surface area contributed by atoms with Gasteiger partial charge >= 0.3 is 0 Å². The van der Waals surface area contributed by atoms with Crippen LogP contribution in [0.1, 0.15) is 56.6 Å². The molecule has 0 fully saturated rings. The fraction of sp³-hybridized carbons (Fsp3) is 0.696. The van der Waals surface area contributed by atoms with Crippen LogP contribution in [0.25, 0.3) is 0 Å². The molecule has 0 heterocycles. The lowest BCUT2D eigenvalue weighted by Crippen LogP contribution is -2.25. The SMILES string of the molecule is CCCC(O)CCOCCOCCCNC(=O)CCCOc1cc(C)c(SN)c(C)c1. The van der Waals surface area contributed by atoms with E-state index in [1.807, 2.05) is 26.0 Å². The number of aliphatic hydroxyl groups excluding tert-OH is 1. The highest BCUT2D eigenvalue weighted by atomic mass is 32.2. The summed E-state index contributed by atoms with van der Waals surface area (Å²) in [6.07, 6.45) is 4.07. The zero-order chi connectivity index (χ0) is 22.9. The summed E-state index contributed by atoms with van der Waals surface area (Å²) in [6.45, 7) is 9.37. The van der Waals surface area contributed by atoms with Gasteiger partial charge in [-0.1, -0.05) is 13.3 Å². The second kappa shape index (κ2) is 17.3. The zero-order valence-electron chi connectivity index (χ0n) is 19.3. The van der Waals surface area contributed by atoms with Crippen molar-refractivity contribution in [3.05, 3.63) is 23.3 Å². The molecule has 0 aliphatic heterocycles. The summed E-state index contributed by atoms with van der Waals surface area (Å²) >= 11 is 1.25. The number of hydrogen-bond acceptors (Lipinski definition) is 7. The van der Waals surface area contributed by atoms with E-state index in [1.165, 1.54) is 11.9 Å². The lowest BCUT2D eigenvalue weighted by atomic mass is 10.1. The summed E-state index contributed by atoms with van der Waals surface area (Å²) in [4.78, 5) is 13.0. The van der Waals surface area contributed by atoms with E-state index < -0.39 is 0 Å². The van der Waals surface area contributed by atoms with Crippen LogP contribution in [0, 0.1) is 13.8 Å². The van der Waals surface area contributed by atoms with E-state index in [0.717, 1.165) is 41.0 Å². The number of hydrogen-bond donors (Lipinski definition) is 3. The van der Waals surface area contributed by atoms with Gasteiger partial charge in [0.05, 0.1) is 25.9 Å². The molecule has 31 heavy (non-hydrogen) atoms. The van der Waals surface area contributed by atoms with Crippen molar-refractivity contribution in [2.24, 2.45) is 5.14 Å². The van der Waals surface area contributed by atoms with Crippen LogP contribution in [0.15, 0.2) is 17.0 Å². The monoisotopic (exact) mass is 456 g/mol. The maximum atomic E-state index is 11.9. The first-order valence-corrected chi connectivity index (χ1v) is 12.1. The van der Waals surface area contributed by atoms with Crippen molar-refractivity contribution in [2.75, 3.05) is 39.6 Å². The number of benzene rings is 1. The van der Waals surface area contributed by atoms with Crippen LogP contribution >= 0.6 is 11.9 Å². The Kier molecular flexibility index (Phi) is 15.4. The molecule has 1 aromatic carbocycles. The third-order valence-corrected chi connectivity index (χ3v) is 5.63. The van der Waals surface area contributed by atoms with Crippen LogP contribution in [0.5, 0.6) is 5.75 Å². The number of amides is 1. The number of nitrogens with two attached hydrogens (primary N) is 1. The standard InChI is InChI=1S/C23H40N2O5S/c1-4-7-20(26)9-13-29-15-14-28-11-6-10-25-22(27)8-5-12-30-21-16-18(2)23(31-24)19(3)17-21/h16-17,20,26H,4-15,24H2,1-3H3,(H,25,27). The highest BCUT2D eigenvalue weighted by Crippen LogP contribution is 2.27. The van der Waals surface area contributed by atoms with Gasteiger partial charge < -0.3 is 24.6 Å². The molecule has 0 aromatic heterocycles. The summed E-state index contributed by atoms with van der Waals surface area (Å²) in [6, 6.07) is 3.95. The van der Waals surface area contributed by atoms with Gasteiger partial charge in [-0.05, 0) is 74.7 Å². The minimum absolute atomic E-state index is 0.0276. The Balaban J connectivity index is 1.96. The maximum Gasteiger partial charge on any atom is 0.220 e. The van der Waals surface area contributed by atoms with Gasteiger partial charge in [0.15, 0.2) is 0 Å². The number of rotatable bonds is 18. The third kappa shape index (κ3) is 13.0. The predicted molar refractivity (Wildman–Crippen MR) is 125 cm³/mol. The minimum atomic E-state index is -0.267. The maximum absolute atomic E-state index is 11.9. The Morgan fingerprint density at radius 1 is 1.06 bits per heavy atom. The van der Waals surface area contributed by atoms with Crippen molar-refractivity contribution in [1.82, 2.24) is 5.32 Å². The van der Waals surface area contributed by atoms with E-state index >= 15 is 0 Å². The lowest BCUT2D eigenvalue weighted by Gasteiger charge is -2.12. The second-order valence-corrected chi connectivity index (χ2v) is 8.26. The molecular weight excluding hydrogens is 416 g/mol. The van der Waals surface area contributed by atoms with Crippen LogP contribution in [0.2, 0.25) is 0 Å². The van der Waals surface area contributed by atoms with Crippen molar-refractivity contribution in [3.63, 3.8) is 0 Å². The molecule has 0 saturated heterocycles. The highest BCUT2D eigenvalue weighted by molar-refractivity contribution is 7.97. The molecular formula is C23H40N2O5S. The van der Waals surface area contributed by atoms with Crippen LogP contribution in [0.3, 0.4) is 0 Å². The Labute approximate surface area is 191 Å². The highest BCUT2D eigenvalue weighted by Gasteiger charge is 2.06. The molecule has 0 bridgehead atoms. The van der Waals surface area contributed by atoms with Gasteiger partial charge in [-0.25, -0.2) is 0 Å². The molecule has 0 aliphatic rings. The van der Waals surface area contributed by atoms with Crippen LogP contribution in [0.4, 0.5) is 0 Å². The summed E-state index contributed by atoms with van der Waals surface area (Å²) < 4.78 is 16.7. The van der Waals surface area contributed by atoms with Gasteiger partial charge in [0.25, 0.3) is 0 Å². The largest absolute Gasteiger partial charge is 0.494 e. The molecule has 1 aromatic rings. The van der Waals surface area contributed by atoms with Gasteiger partial charge in [-0.3, -0.25) is 9.93 Å². The Hall–Kier alpha value is -1.32. The zero-order valence-corrected chi connectivity index (χ0v) is 20.1. The molecule has 0 aliphatic carbocycles. The number of nitrogens with one attached hydrogen (secondary N) is 1. The molecule has 4 N–H and O–H groups in total.